The number of hydrogen-bond acceptors (Lipinski definition) is 5. The second-order valence-corrected chi connectivity index (χ2v) is 5.93. The van der Waals surface area contributed by atoms with E-state index in [-0.39, 0.29) is 6.42 Å². The van der Waals surface area contributed by atoms with E-state index in [1.165, 1.54) is 21.1 Å². The largest absolute Gasteiger partial charge is 0.493 e. The second kappa shape index (κ2) is 9.10. The number of carbonyl (C=O) groups is 2. The highest BCUT2D eigenvalue weighted by Crippen LogP contribution is 2.27. The highest BCUT2D eigenvalue weighted by atomic mass is 35.5. The summed E-state index contributed by atoms with van der Waals surface area (Å²) in [5.41, 5.74) is 1.22. The van der Waals surface area contributed by atoms with Crippen molar-refractivity contribution in [2.45, 2.75) is 19.4 Å². The van der Waals surface area contributed by atoms with E-state index in [2.05, 4.69) is 5.32 Å². The monoisotopic (exact) mass is 377 g/mol. The van der Waals surface area contributed by atoms with E-state index in [1.54, 1.807) is 42.5 Å². The summed E-state index contributed by atoms with van der Waals surface area (Å²) >= 11 is 5.87. The van der Waals surface area contributed by atoms with Gasteiger partial charge in [0.25, 0.3) is 5.91 Å². The molecule has 0 saturated carbocycles. The molecule has 0 unspecified atom stereocenters. The minimum absolute atomic E-state index is 0.00907. The fourth-order valence-electron chi connectivity index (χ4n) is 2.26. The van der Waals surface area contributed by atoms with Crippen LogP contribution in [0.5, 0.6) is 11.5 Å². The Labute approximate surface area is 157 Å². The molecule has 0 radical (unpaired) electrons. The number of nitrogens with one attached hydrogen (secondary N) is 1. The van der Waals surface area contributed by atoms with Crippen LogP contribution in [0.15, 0.2) is 42.5 Å². The number of hydrogen-bond donors (Lipinski definition) is 1. The molecular weight excluding hydrogens is 358 g/mol. The van der Waals surface area contributed by atoms with Crippen molar-refractivity contribution in [1.29, 1.82) is 0 Å². The summed E-state index contributed by atoms with van der Waals surface area (Å²) in [5, 5.41) is 3.15. The number of amides is 1. The topological polar surface area (TPSA) is 73.9 Å². The van der Waals surface area contributed by atoms with Gasteiger partial charge in [-0.1, -0.05) is 23.7 Å². The van der Waals surface area contributed by atoms with Crippen molar-refractivity contribution in [3.8, 4) is 11.5 Å². The first kappa shape index (κ1) is 19.6. The minimum Gasteiger partial charge on any atom is -0.493 e. The fourth-order valence-corrected chi connectivity index (χ4v) is 2.45. The Kier molecular flexibility index (Phi) is 6.86. The predicted octanol–water partition coefficient (Wildman–Crippen LogP) is 3.47. The molecule has 0 aliphatic heterocycles. The molecule has 0 heterocycles. The fraction of sp³-hybridized carbons (Fsp3) is 0.263. The SMILES string of the molecule is COc1ccc(CC(=O)O[C@H](C)C(=O)Nc2cccc(Cl)c2)cc1OC. The van der Waals surface area contributed by atoms with Crippen LogP contribution >= 0.6 is 11.6 Å². The summed E-state index contributed by atoms with van der Waals surface area (Å²) in [6.45, 7) is 1.51. The zero-order valence-electron chi connectivity index (χ0n) is 14.7. The molecule has 1 N–H and O–H groups in total. The third-order valence-electron chi connectivity index (χ3n) is 3.57. The molecule has 2 aromatic rings. The summed E-state index contributed by atoms with van der Waals surface area (Å²) in [6.07, 6.45) is -0.934. The summed E-state index contributed by atoms with van der Waals surface area (Å²) in [6, 6.07) is 11.8. The maximum atomic E-state index is 12.1. The van der Waals surface area contributed by atoms with Gasteiger partial charge in [-0.15, -0.1) is 0 Å². The van der Waals surface area contributed by atoms with Crippen molar-refractivity contribution in [3.05, 3.63) is 53.1 Å². The number of anilines is 1. The van der Waals surface area contributed by atoms with Gasteiger partial charge in [-0.05, 0) is 42.8 Å². The van der Waals surface area contributed by atoms with Crippen LogP contribution < -0.4 is 14.8 Å². The number of carbonyl (C=O) groups excluding carboxylic acids is 2. The van der Waals surface area contributed by atoms with Crippen molar-refractivity contribution >= 4 is 29.2 Å². The molecule has 7 heteroatoms. The quantitative estimate of drug-likeness (QED) is 0.748. The first-order valence-corrected chi connectivity index (χ1v) is 8.27. The molecule has 26 heavy (non-hydrogen) atoms. The van der Waals surface area contributed by atoms with Gasteiger partial charge < -0.3 is 19.5 Å². The Morgan fingerprint density at radius 2 is 1.81 bits per heavy atom. The number of ether oxygens (including phenoxy) is 3. The Morgan fingerprint density at radius 3 is 2.46 bits per heavy atom. The molecule has 138 valence electrons. The van der Waals surface area contributed by atoms with Crippen LogP contribution in [0, 0.1) is 0 Å². The third-order valence-corrected chi connectivity index (χ3v) is 3.80. The molecule has 1 amide bonds. The molecule has 2 rings (SSSR count). The van der Waals surface area contributed by atoms with Crippen molar-refractivity contribution < 1.29 is 23.8 Å². The minimum atomic E-state index is -0.943. The molecule has 0 aliphatic carbocycles. The first-order valence-electron chi connectivity index (χ1n) is 7.89. The number of esters is 1. The summed E-state index contributed by atoms with van der Waals surface area (Å²) in [7, 11) is 3.05. The Hall–Kier alpha value is -2.73. The third kappa shape index (κ3) is 5.39. The smallest absolute Gasteiger partial charge is 0.311 e. The number of benzene rings is 2. The van der Waals surface area contributed by atoms with Gasteiger partial charge in [-0.3, -0.25) is 9.59 Å². The zero-order valence-corrected chi connectivity index (χ0v) is 15.5. The van der Waals surface area contributed by atoms with Gasteiger partial charge in [0, 0.05) is 10.7 Å². The van der Waals surface area contributed by atoms with Crippen molar-refractivity contribution in [1.82, 2.24) is 0 Å². The van der Waals surface area contributed by atoms with Gasteiger partial charge in [0.1, 0.15) is 0 Å². The van der Waals surface area contributed by atoms with Crippen molar-refractivity contribution in [2.75, 3.05) is 19.5 Å². The Bertz CT molecular complexity index is 793. The van der Waals surface area contributed by atoms with E-state index in [4.69, 9.17) is 25.8 Å². The van der Waals surface area contributed by atoms with Crippen LogP contribution in [-0.2, 0) is 20.7 Å². The highest BCUT2D eigenvalue weighted by molar-refractivity contribution is 6.30. The van der Waals surface area contributed by atoms with E-state index < -0.39 is 18.0 Å². The van der Waals surface area contributed by atoms with Crippen LogP contribution in [0.3, 0.4) is 0 Å². The lowest BCUT2D eigenvalue weighted by molar-refractivity contribution is -0.152. The standard InChI is InChI=1S/C19H20ClNO5/c1-12(19(23)21-15-6-4-5-14(20)11-15)26-18(22)10-13-7-8-16(24-2)17(9-13)25-3/h4-9,11-12H,10H2,1-3H3,(H,21,23)/t12-/m1/s1. The van der Waals surface area contributed by atoms with E-state index in [1.807, 2.05) is 0 Å². The summed E-state index contributed by atoms with van der Waals surface area (Å²) < 4.78 is 15.5. The van der Waals surface area contributed by atoms with E-state index >= 15 is 0 Å². The molecule has 6 nitrogen and oxygen atoms in total. The highest BCUT2D eigenvalue weighted by Gasteiger charge is 2.18. The van der Waals surface area contributed by atoms with Gasteiger partial charge in [0.2, 0.25) is 0 Å². The zero-order chi connectivity index (χ0) is 19.1. The predicted molar refractivity (Wildman–Crippen MR) is 98.9 cm³/mol. The Morgan fingerprint density at radius 1 is 1.08 bits per heavy atom. The van der Waals surface area contributed by atoms with Gasteiger partial charge in [0.15, 0.2) is 17.6 Å². The number of rotatable bonds is 7. The molecule has 0 saturated heterocycles. The average Bonchev–Trinajstić information content (AvgIpc) is 2.61. The molecule has 0 aromatic heterocycles. The van der Waals surface area contributed by atoms with Gasteiger partial charge in [-0.2, -0.15) is 0 Å². The van der Waals surface area contributed by atoms with Crippen LogP contribution in [-0.4, -0.2) is 32.2 Å². The maximum Gasteiger partial charge on any atom is 0.311 e. The molecule has 0 aliphatic rings. The lowest BCUT2D eigenvalue weighted by Crippen LogP contribution is -2.30. The maximum absolute atomic E-state index is 12.1. The van der Waals surface area contributed by atoms with Crippen LogP contribution in [0.25, 0.3) is 0 Å². The van der Waals surface area contributed by atoms with Crippen molar-refractivity contribution in [3.63, 3.8) is 0 Å². The molecule has 2 aromatic carbocycles. The first-order chi connectivity index (χ1) is 12.4. The molecule has 0 spiro atoms. The number of halogens is 1. The molecule has 0 bridgehead atoms. The van der Waals surface area contributed by atoms with Crippen LogP contribution in [0.2, 0.25) is 5.02 Å². The van der Waals surface area contributed by atoms with Gasteiger partial charge >= 0.3 is 5.97 Å². The van der Waals surface area contributed by atoms with Gasteiger partial charge in [-0.25, -0.2) is 0 Å². The lowest BCUT2D eigenvalue weighted by Gasteiger charge is -2.14. The van der Waals surface area contributed by atoms with E-state index in [0.717, 1.165) is 0 Å². The van der Waals surface area contributed by atoms with Crippen LogP contribution in [0.4, 0.5) is 5.69 Å². The lowest BCUT2D eigenvalue weighted by atomic mass is 10.1. The van der Waals surface area contributed by atoms with Crippen molar-refractivity contribution in [2.24, 2.45) is 0 Å². The normalized spacial score (nSPS) is 11.4. The van der Waals surface area contributed by atoms with E-state index in [9.17, 15) is 9.59 Å². The Balaban J connectivity index is 1.93. The van der Waals surface area contributed by atoms with E-state index in [0.29, 0.717) is 27.8 Å². The molecular formula is C19H20ClNO5. The van der Waals surface area contributed by atoms with Gasteiger partial charge in [0.05, 0.1) is 20.6 Å². The number of methoxy groups -OCH3 is 2. The second-order valence-electron chi connectivity index (χ2n) is 5.50. The average molecular weight is 378 g/mol. The van der Waals surface area contributed by atoms with Crippen LogP contribution in [0.1, 0.15) is 12.5 Å². The molecule has 0 fully saturated rings. The molecule has 1 atom stereocenters. The summed E-state index contributed by atoms with van der Waals surface area (Å²) in [5.74, 6) is 0.127. The summed E-state index contributed by atoms with van der Waals surface area (Å²) in [4.78, 5) is 24.2.